The van der Waals surface area contributed by atoms with E-state index in [4.69, 9.17) is 4.18 Å². The summed E-state index contributed by atoms with van der Waals surface area (Å²) in [5.41, 5.74) is 1.27. The number of nitrogens with zero attached hydrogens (tertiary/aromatic N) is 1. The van der Waals surface area contributed by atoms with E-state index in [1.165, 1.54) is 36.7 Å². The Bertz CT molecular complexity index is 990. The summed E-state index contributed by atoms with van der Waals surface area (Å²) in [6.45, 7) is 0.374. The molecule has 1 aromatic heterocycles. The normalized spacial score (nSPS) is 10.9. The highest BCUT2D eigenvalue weighted by Gasteiger charge is 2.17. The van der Waals surface area contributed by atoms with Crippen molar-refractivity contribution in [1.29, 1.82) is 0 Å². The highest BCUT2D eigenvalue weighted by molar-refractivity contribution is 7.87. The third-order valence-corrected chi connectivity index (χ3v) is 4.75. The van der Waals surface area contributed by atoms with Crippen molar-refractivity contribution in [2.45, 2.75) is 11.4 Å². The van der Waals surface area contributed by atoms with E-state index in [1.54, 1.807) is 12.1 Å². The fourth-order valence-electron chi connectivity index (χ4n) is 2.24. The minimum absolute atomic E-state index is 0.0565. The average molecular weight is 368 g/mol. The summed E-state index contributed by atoms with van der Waals surface area (Å²) in [6.07, 6.45) is 2.67. The summed E-state index contributed by atoms with van der Waals surface area (Å²) in [7, 11) is -4.01. The number of carbonyl (C=O) groups is 1. The van der Waals surface area contributed by atoms with Crippen LogP contribution < -0.4 is 9.50 Å². The van der Waals surface area contributed by atoms with Crippen LogP contribution in [0.25, 0.3) is 0 Å². The lowest BCUT2D eigenvalue weighted by atomic mass is 10.2. The maximum absolute atomic E-state index is 12.3. The van der Waals surface area contributed by atoms with Crippen LogP contribution in [0.1, 0.15) is 15.9 Å². The van der Waals surface area contributed by atoms with Gasteiger partial charge in [-0.2, -0.15) is 8.42 Å². The Morgan fingerprint density at radius 3 is 2.54 bits per heavy atom. The van der Waals surface area contributed by atoms with Crippen LogP contribution in [0.15, 0.2) is 84.0 Å². The minimum Gasteiger partial charge on any atom is -0.379 e. The summed E-state index contributed by atoms with van der Waals surface area (Å²) < 4.78 is 29.6. The first-order chi connectivity index (χ1) is 12.5. The first-order valence-corrected chi connectivity index (χ1v) is 9.22. The lowest BCUT2D eigenvalue weighted by Gasteiger charge is -2.09. The van der Waals surface area contributed by atoms with E-state index in [0.29, 0.717) is 12.1 Å². The van der Waals surface area contributed by atoms with E-state index in [2.05, 4.69) is 10.3 Å². The highest BCUT2D eigenvalue weighted by Crippen LogP contribution is 2.19. The van der Waals surface area contributed by atoms with Crippen LogP contribution >= 0.6 is 0 Å². The topological polar surface area (TPSA) is 85.4 Å². The van der Waals surface area contributed by atoms with E-state index in [-0.39, 0.29) is 16.6 Å². The molecule has 0 saturated carbocycles. The molecule has 0 spiro atoms. The molecule has 3 aromatic rings. The van der Waals surface area contributed by atoms with Crippen LogP contribution in [0, 0.1) is 0 Å². The van der Waals surface area contributed by atoms with Crippen LogP contribution in [0.5, 0.6) is 5.75 Å². The number of benzene rings is 2. The van der Waals surface area contributed by atoms with Crippen molar-refractivity contribution in [2.75, 3.05) is 0 Å². The molecule has 0 fully saturated rings. The van der Waals surface area contributed by atoms with Crippen molar-refractivity contribution in [3.63, 3.8) is 0 Å². The zero-order chi connectivity index (χ0) is 18.4. The molecule has 0 aliphatic rings. The van der Waals surface area contributed by atoms with Crippen molar-refractivity contribution in [1.82, 2.24) is 10.3 Å². The van der Waals surface area contributed by atoms with Gasteiger partial charge in [0.05, 0.1) is 0 Å². The second-order valence-electron chi connectivity index (χ2n) is 5.42. The molecular weight excluding hydrogens is 352 g/mol. The number of rotatable bonds is 6. The number of amides is 1. The summed E-state index contributed by atoms with van der Waals surface area (Å²) in [4.78, 5) is 16.0. The van der Waals surface area contributed by atoms with Crippen molar-refractivity contribution < 1.29 is 17.4 Å². The monoisotopic (exact) mass is 368 g/mol. The number of carbonyl (C=O) groups excluding carboxylic acids is 1. The highest BCUT2D eigenvalue weighted by atomic mass is 32.2. The molecule has 0 aliphatic carbocycles. The standard InChI is InChI=1S/C19H16N2O4S/c22-19(21-13-15-6-2-1-3-7-15)16-8-4-9-17(12-16)25-26(23,24)18-10-5-11-20-14-18/h1-12,14H,13H2,(H,21,22). The summed E-state index contributed by atoms with van der Waals surface area (Å²) >= 11 is 0. The fraction of sp³-hybridized carbons (Fsp3) is 0.0526. The first-order valence-electron chi connectivity index (χ1n) is 7.81. The zero-order valence-corrected chi connectivity index (χ0v) is 14.5. The molecule has 0 unspecified atom stereocenters. The maximum Gasteiger partial charge on any atom is 0.340 e. The molecular formula is C19H16N2O4S. The molecule has 2 aromatic carbocycles. The van der Waals surface area contributed by atoms with Crippen molar-refractivity contribution in [3.8, 4) is 5.75 Å². The molecule has 1 heterocycles. The third kappa shape index (κ3) is 4.46. The van der Waals surface area contributed by atoms with Crippen LogP contribution in [-0.4, -0.2) is 19.3 Å². The van der Waals surface area contributed by atoms with Gasteiger partial charge >= 0.3 is 10.1 Å². The lowest BCUT2D eigenvalue weighted by molar-refractivity contribution is 0.0950. The molecule has 7 heteroatoms. The van der Waals surface area contributed by atoms with Gasteiger partial charge in [0.15, 0.2) is 0 Å². The average Bonchev–Trinajstić information content (AvgIpc) is 2.67. The zero-order valence-electron chi connectivity index (χ0n) is 13.7. The predicted octanol–water partition coefficient (Wildman–Crippen LogP) is 2.78. The fourth-order valence-corrected chi connectivity index (χ4v) is 3.13. The van der Waals surface area contributed by atoms with Gasteiger partial charge < -0.3 is 9.50 Å². The van der Waals surface area contributed by atoms with Crippen molar-refractivity contribution >= 4 is 16.0 Å². The molecule has 0 atom stereocenters. The first kappa shape index (κ1) is 17.6. The van der Waals surface area contributed by atoms with Gasteiger partial charge in [-0.15, -0.1) is 0 Å². The van der Waals surface area contributed by atoms with Gasteiger partial charge in [-0.1, -0.05) is 36.4 Å². The predicted molar refractivity (Wildman–Crippen MR) is 96.1 cm³/mol. The van der Waals surface area contributed by atoms with E-state index in [0.717, 1.165) is 5.56 Å². The number of hydrogen-bond acceptors (Lipinski definition) is 5. The molecule has 0 aliphatic heterocycles. The van der Waals surface area contributed by atoms with Gasteiger partial charge in [-0.05, 0) is 35.9 Å². The Labute approximate surface area is 151 Å². The van der Waals surface area contributed by atoms with Crippen LogP contribution in [0.3, 0.4) is 0 Å². The van der Waals surface area contributed by atoms with Crippen LogP contribution in [-0.2, 0) is 16.7 Å². The Morgan fingerprint density at radius 2 is 1.81 bits per heavy atom. The summed E-state index contributed by atoms with van der Waals surface area (Å²) in [5.74, 6) is -0.265. The van der Waals surface area contributed by atoms with E-state index in [9.17, 15) is 13.2 Å². The van der Waals surface area contributed by atoms with Gasteiger partial charge in [-0.3, -0.25) is 9.78 Å². The number of pyridine rings is 1. The SMILES string of the molecule is O=C(NCc1ccccc1)c1cccc(OS(=O)(=O)c2cccnc2)c1. The van der Waals surface area contributed by atoms with E-state index in [1.807, 2.05) is 30.3 Å². The minimum atomic E-state index is -4.01. The number of nitrogens with one attached hydrogen (secondary N) is 1. The second-order valence-corrected chi connectivity index (χ2v) is 6.97. The lowest BCUT2D eigenvalue weighted by Crippen LogP contribution is -2.22. The van der Waals surface area contributed by atoms with E-state index >= 15 is 0 Å². The molecule has 0 radical (unpaired) electrons. The third-order valence-electron chi connectivity index (χ3n) is 3.52. The molecule has 0 bridgehead atoms. The largest absolute Gasteiger partial charge is 0.379 e. The van der Waals surface area contributed by atoms with Crippen LogP contribution in [0.2, 0.25) is 0 Å². The maximum atomic E-state index is 12.3. The summed E-state index contributed by atoms with van der Waals surface area (Å²) in [6, 6.07) is 18.4. The Morgan fingerprint density at radius 1 is 1.00 bits per heavy atom. The Hall–Kier alpha value is -3.19. The molecule has 1 amide bonds. The molecule has 6 nitrogen and oxygen atoms in total. The van der Waals surface area contributed by atoms with Gasteiger partial charge in [0, 0.05) is 24.5 Å². The molecule has 132 valence electrons. The summed E-state index contributed by atoms with van der Waals surface area (Å²) in [5, 5.41) is 2.78. The van der Waals surface area contributed by atoms with Gasteiger partial charge in [-0.25, -0.2) is 0 Å². The number of aromatic nitrogens is 1. The second kappa shape index (κ2) is 7.79. The molecule has 1 N–H and O–H groups in total. The molecule has 26 heavy (non-hydrogen) atoms. The smallest absolute Gasteiger partial charge is 0.340 e. The van der Waals surface area contributed by atoms with Gasteiger partial charge in [0.25, 0.3) is 5.91 Å². The van der Waals surface area contributed by atoms with E-state index < -0.39 is 10.1 Å². The number of hydrogen-bond donors (Lipinski definition) is 1. The quantitative estimate of drug-likeness (QED) is 0.676. The Kier molecular flexibility index (Phi) is 5.28. The molecule has 0 saturated heterocycles. The van der Waals surface area contributed by atoms with Crippen molar-refractivity contribution in [2.24, 2.45) is 0 Å². The Balaban J connectivity index is 1.71. The van der Waals surface area contributed by atoms with Gasteiger partial charge in [0.2, 0.25) is 0 Å². The van der Waals surface area contributed by atoms with Gasteiger partial charge in [0.1, 0.15) is 10.6 Å². The van der Waals surface area contributed by atoms with Crippen LogP contribution in [0.4, 0.5) is 0 Å². The molecule has 3 rings (SSSR count). The van der Waals surface area contributed by atoms with Crippen molar-refractivity contribution in [3.05, 3.63) is 90.3 Å².